The van der Waals surface area contributed by atoms with Crippen LogP contribution in [0.3, 0.4) is 0 Å². The fourth-order valence-corrected chi connectivity index (χ4v) is 3.89. The Labute approximate surface area is 192 Å². The molecule has 29 heavy (non-hydrogen) atoms. The maximum Gasteiger partial charge on any atom is 0.222 e. The highest BCUT2D eigenvalue weighted by molar-refractivity contribution is 14.0. The normalized spacial score (nSPS) is 19.6. The van der Waals surface area contributed by atoms with Crippen LogP contribution in [-0.4, -0.2) is 67.5 Å². The summed E-state index contributed by atoms with van der Waals surface area (Å²) in [6.07, 6.45) is 3.79. The zero-order chi connectivity index (χ0) is 19.6. The average Bonchev–Trinajstić information content (AvgIpc) is 3.34. The number of rotatable bonds is 9. The van der Waals surface area contributed by atoms with E-state index in [9.17, 15) is 4.79 Å². The Morgan fingerprint density at radius 2 is 2.10 bits per heavy atom. The van der Waals surface area contributed by atoms with E-state index >= 15 is 0 Å². The van der Waals surface area contributed by atoms with Gasteiger partial charge in [-0.2, -0.15) is 0 Å². The number of ether oxygens (including phenoxy) is 1. The van der Waals surface area contributed by atoms with E-state index in [-0.39, 0.29) is 24.0 Å². The third-order valence-corrected chi connectivity index (χ3v) is 5.40. The second-order valence-electron chi connectivity index (χ2n) is 7.67. The quantitative estimate of drug-likeness (QED) is 0.238. The van der Waals surface area contributed by atoms with Gasteiger partial charge < -0.3 is 19.9 Å². The molecule has 162 valence electrons. The standard InChI is InChI=1S/C22H34N4O2.HI/c1-2-23-22(24-12-7-14-25-13-6-10-21(25)27)26-15-11-20(16-26)18-28-17-19-8-4-3-5-9-19;/h3-5,8-9,20H,2,6-7,10-18H2,1H3,(H,23,24);1H. The van der Waals surface area contributed by atoms with E-state index in [1.54, 1.807) is 0 Å². The van der Waals surface area contributed by atoms with Gasteiger partial charge in [0.05, 0.1) is 13.2 Å². The van der Waals surface area contributed by atoms with Crippen LogP contribution in [0.2, 0.25) is 0 Å². The molecule has 2 aliphatic rings. The summed E-state index contributed by atoms with van der Waals surface area (Å²) >= 11 is 0. The lowest BCUT2D eigenvalue weighted by Gasteiger charge is -2.22. The molecule has 0 saturated carbocycles. The second kappa shape index (κ2) is 13.1. The van der Waals surface area contributed by atoms with Crippen LogP contribution in [0.1, 0.15) is 38.2 Å². The zero-order valence-corrected chi connectivity index (χ0v) is 19.8. The Kier molecular flexibility index (Phi) is 10.8. The predicted octanol–water partition coefficient (Wildman–Crippen LogP) is 3.12. The largest absolute Gasteiger partial charge is 0.376 e. The summed E-state index contributed by atoms with van der Waals surface area (Å²) in [4.78, 5) is 20.8. The summed E-state index contributed by atoms with van der Waals surface area (Å²) in [5, 5.41) is 3.42. The maximum atomic E-state index is 11.7. The number of carbonyl (C=O) groups is 1. The van der Waals surface area contributed by atoms with Crippen molar-refractivity contribution in [3.05, 3.63) is 35.9 Å². The first kappa shape index (κ1) is 23.9. The Morgan fingerprint density at radius 1 is 1.28 bits per heavy atom. The number of halogens is 1. The van der Waals surface area contributed by atoms with Gasteiger partial charge in [-0.25, -0.2) is 0 Å². The third kappa shape index (κ3) is 7.77. The fraction of sp³-hybridized carbons (Fsp3) is 0.636. The Balaban J connectivity index is 0.00000300. The minimum Gasteiger partial charge on any atom is -0.376 e. The van der Waals surface area contributed by atoms with Crippen molar-refractivity contribution >= 4 is 35.8 Å². The molecule has 0 bridgehead atoms. The van der Waals surface area contributed by atoms with Crippen molar-refractivity contribution < 1.29 is 9.53 Å². The first-order valence-electron chi connectivity index (χ1n) is 10.7. The number of benzene rings is 1. The molecule has 2 saturated heterocycles. The fourth-order valence-electron chi connectivity index (χ4n) is 3.89. The molecule has 0 aromatic heterocycles. The number of aliphatic imine (C=N–C) groups is 1. The molecule has 7 heteroatoms. The van der Waals surface area contributed by atoms with E-state index in [2.05, 4.69) is 41.4 Å². The van der Waals surface area contributed by atoms with Gasteiger partial charge in [-0.3, -0.25) is 9.79 Å². The van der Waals surface area contributed by atoms with Gasteiger partial charge in [-0.05, 0) is 31.7 Å². The molecule has 1 atom stereocenters. The van der Waals surface area contributed by atoms with Gasteiger partial charge in [0.15, 0.2) is 5.96 Å². The molecule has 1 unspecified atom stereocenters. The van der Waals surface area contributed by atoms with Crippen molar-refractivity contribution in [2.45, 2.75) is 39.2 Å². The van der Waals surface area contributed by atoms with Crippen molar-refractivity contribution in [2.75, 3.05) is 45.9 Å². The molecular weight excluding hydrogens is 479 g/mol. The topological polar surface area (TPSA) is 57.2 Å². The van der Waals surface area contributed by atoms with E-state index in [0.29, 0.717) is 24.9 Å². The summed E-state index contributed by atoms with van der Waals surface area (Å²) in [7, 11) is 0. The van der Waals surface area contributed by atoms with Gasteiger partial charge in [0.2, 0.25) is 5.91 Å². The summed E-state index contributed by atoms with van der Waals surface area (Å²) < 4.78 is 5.93. The number of carbonyl (C=O) groups excluding carboxylic acids is 1. The van der Waals surface area contributed by atoms with Crippen LogP contribution in [-0.2, 0) is 16.1 Å². The molecule has 1 amide bonds. The van der Waals surface area contributed by atoms with Crippen molar-refractivity contribution in [1.82, 2.24) is 15.1 Å². The first-order chi connectivity index (χ1) is 13.8. The Hall–Kier alpha value is -1.35. The van der Waals surface area contributed by atoms with E-state index in [0.717, 1.165) is 71.1 Å². The van der Waals surface area contributed by atoms with E-state index in [4.69, 9.17) is 9.73 Å². The monoisotopic (exact) mass is 514 g/mol. The first-order valence-corrected chi connectivity index (χ1v) is 10.7. The Bertz CT molecular complexity index is 641. The van der Waals surface area contributed by atoms with Crippen LogP contribution >= 0.6 is 24.0 Å². The highest BCUT2D eigenvalue weighted by Crippen LogP contribution is 2.17. The predicted molar refractivity (Wildman–Crippen MR) is 128 cm³/mol. The van der Waals surface area contributed by atoms with Gasteiger partial charge in [0, 0.05) is 51.6 Å². The minimum absolute atomic E-state index is 0. The van der Waals surface area contributed by atoms with E-state index < -0.39 is 0 Å². The van der Waals surface area contributed by atoms with Gasteiger partial charge in [-0.15, -0.1) is 24.0 Å². The molecule has 2 heterocycles. The lowest BCUT2D eigenvalue weighted by atomic mass is 10.1. The van der Waals surface area contributed by atoms with Crippen molar-refractivity contribution in [2.24, 2.45) is 10.9 Å². The second-order valence-corrected chi connectivity index (χ2v) is 7.67. The van der Waals surface area contributed by atoms with Gasteiger partial charge in [-0.1, -0.05) is 30.3 Å². The van der Waals surface area contributed by atoms with Gasteiger partial charge in [0.25, 0.3) is 0 Å². The SMILES string of the molecule is CCNC(=NCCCN1CCCC1=O)N1CCC(COCc2ccccc2)C1.I. The molecule has 1 aromatic carbocycles. The average molecular weight is 514 g/mol. The molecule has 2 fully saturated rings. The van der Waals surface area contributed by atoms with E-state index in [1.807, 2.05) is 11.0 Å². The number of likely N-dealkylation sites (tertiary alicyclic amines) is 2. The van der Waals surface area contributed by atoms with E-state index in [1.165, 1.54) is 5.56 Å². The van der Waals surface area contributed by atoms with Crippen LogP contribution in [0.25, 0.3) is 0 Å². The molecule has 3 rings (SSSR count). The number of nitrogens with zero attached hydrogens (tertiary/aromatic N) is 3. The summed E-state index contributed by atoms with van der Waals surface area (Å²) in [5.41, 5.74) is 1.23. The highest BCUT2D eigenvalue weighted by Gasteiger charge is 2.25. The number of nitrogens with one attached hydrogen (secondary N) is 1. The van der Waals surface area contributed by atoms with Crippen molar-refractivity contribution in [1.29, 1.82) is 0 Å². The lowest BCUT2D eigenvalue weighted by molar-refractivity contribution is -0.127. The number of guanidine groups is 1. The molecule has 0 aliphatic carbocycles. The van der Waals surface area contributed by atoms with Crippen LogP contribution in [0.4, 0.5) is 0 Å². The molecule has 1 N–H and O–H groups in total. The van der Waals surface area contributed by atoms with Crippen LogP contribution in [0, 0.1) is 5.92 Å². The minimum atomic E-state index is 0. The van der Waals surface area contributed by atoms with Crippen LogP contribution in [0.5, 0.6) is 0 Å². The van der Waals surface area contributed by atoms with Crippen LogP contribution < -0.4 is 5.32 Å². The van der Waals surface area contributed by atoms with Gasteiger partial charge >= 0.3 is 0 Å². The molecule has 2 aliphatic heterocycles. The number of amides is 1. The van der Waals surface area contributed by atoms with Crippen molar-refractivity contribution in [3.63, 3.8) is 0 Å². The molecular formula is C22H35IN4O2. The number of hydrogen-bond acceptors (Lipinski definition) is 3. The number of hydrogen-bond donors (Lipinski definition) is 1. The Morgan fingerprint density at radius 3 is 2.83 bits per heavy atom. The lowest BCUT2D eigenvalue weighted by Crippen LogP contribution is -2.40. The summed E-state index contributed by atoms with van der Waals surface area (Å²) in [6, 6.07) is 10.3. The summed E-state index contributed by atoms with van der Waals surface area (Å²) in [6.45, 7) is 8.97. The molecule has 0 radical (unpaired) electrons. The van der Waals surface area contributed by atoms with Crippen LogP contribution in [0.15, 0.2) is 35.3 Å². The maximum absolute atomic E-state index is 11.7. The molecule has 0 spiro atoms. The molecule has 1 aromatic rings. The van der Waals surface area contributed by atoms with Crippen molar-refractivity contribution in [3.8, 4) is 0 Å². The molecule has 6 nitrogen and oxygen atoms in total. The third-order valence-electron chi connectivity index (χ3n) is 5.40. The smallest absolute Gasteiger partial charge is 0.222 e. The zero-order valence-electron chi connectivity index (χ0n) is 17.5. The highest BCUT2D eigenvalue weighted by atomic mass is 127. The van der Waals surface area contributed by atoms with Gasteiger partial charge in [0.1, 0.15) is 0 Å². The summed E-state index contributed by atoms with van der Waals surface area (Å²) in [5.74, 6) is 1.85.